The largest absolute Gasteiger partial charge is 0.309 e. The average Bonchev–Trinajstić information content (AvgIpc) is 2.05. The van der Waals surface area contributed by atoms with E-state index in [-0.39, 0.29) is 0 Å². The minimum absolute atomic E-state index is 0.912. The van der Waals surface area contributed by atoms with Crippen molar-refractivity contribution < 1.29 is 0 Å². The molecule has 0 aliphatic rings. The van der Waals surface area contributed by atoms with Gasteiger partial charge in [-0.25, -0.2) is 0 Å². The summed E-state index contributed by atoms with van der Waals surface area (Å²) in [4.78, 5) is 2.29. The molecule has 0 aliphatic carbocycles. The zero-order chi connectivity index (χ0) is 10.3. The minimum Gasteiger partial charge on any atom is -0.309 e. The summed E-state index contributed by atoms with van der Waals surface area (Å²) in [7, 11) is 4.33. The third-order valence-electron chi connectivity index (χ3n) is 3.02. The molecule has 0 aromatic heterocycles. The van der Waals surface area contributed by atoms with Gasteiger partial charge in [-0.15, -0.1) is 0 Å². The predicted octanol–water partition coefficient (Wildman–Crippen LogP) is 3.40. The highest BCUT2D eigenvalue weighted by atomic mass is 15.0. The minimum atomic E-state index is 0.912. The summed E-state index contributed by atoms with van der Waals surface area (Å²) in [6.07, 6.45) is 5.44. The zero-order valence-corrected chi connectivity index (χ0v) is 10.1. The van der Waals surface area contributed by atoms with Crippen LogP contribution in [-0.4, -0.2) is 25.5 Å². The van der Waals surface area contributed by atoms with Crippen LogP contribution in [0.15, 0.2) is 0 Å². The quantitative estimate of drug-likeness (QED) is 0.587. The second-order valence-corrected chi connectivity index (χ2v) is 4.53. The third-order valence-corrected chi connectivity index (χ3v) is 3.02. The van der Waals surface area contributed by atoms with Crippen molar-refractivity contribution in [1.82, 2.24) is 4.90 Å². The topological polar surface area (TPSA) is 3.24 Å². The lowest BCUT2D eigenvalue weighted by molar-refractivity contribution is 0.267. The molecule has 2 unspecified atom stereocenters. The molecule has 0 aromatic rings. The molecule has 0 saturated carbocycles. The van der Waals surface area contributed by atoms with Crippen LogP contribution in [0, 0.1) is 11.8 Å². The van der Waals surface area contributed by atoms with Crippen LogP contribution in [-0.2, 0) is 0 Å². The van der Waals surface area contributed by atoms with Crippen LogP contribution in [0.1, 0.15) is 46.5 Å². The molecule has 0 radical (unpaired) electrons. The normalized spacial score (nSPS) is 16.2. The Hall–Kier alpha value is -0.0400. The van der Waals surface area contributed by atoms with Crippen LogP contribution >= 0.6 is 0 Å². The first-order valence-corrected chi connectivity index (χ1v) is 5.76. The lowest BCUT2D eigenvalue weighted by Gasteiger charge is -2.23. The van der Waals surface area contributed by atoms with Gasteiger partial charge in [0, 0.05) is 0 Å². The van der Waals surface area contributed by atoms with Crippen LogP contribution in [0.2, 0.25) is 0 Å². The summed E-state index contributed by atoms with van der Waals surface area (Å²) >= 11 is 0. The van der Waals surface area contributed by atoms with E-state index in [0.717, 1.165) is 11.8 Å². The van der Waals surface area contributed by atoms with Crippen LogP contribution in [0.4, 0.5) is 0 Å². The van der Waals surface area contributed by atoms with Crippen molar-refractivity contribution in [1.29, 1.82) is 0 Å². The molecule has 13 heavy (non-hydrogen) atoms. The molecule has 80 valence electrons. The molecular weight excluding hydrogens is 158 g/mol. The van der Waals surface area contributed by atoms with Gasteiger partial charge < -0.3 is 4.90 Å². The van der Waals surface area contributed by atoms with Crippen LogP contribution in [0.3, 0.4) is 0 Å². The molecule has 0 bridgehead atoms. The Kier molecular flexibility index (Phi) is 7.35. The summed E-state index contributed by atoms with van der Waals surface area (Å²) in [6.45, 7) is 8.27. The first-order valence-electron chi connectivity index (χ1n) is 5.76. The van der Waals surface area contributed by atoms with E-state index in [1.54, 1.807) is 0 Å². The summed E-state index contributed by atoms with van der Waals surface area (Å²) < 4.78 is 0. The van der Waals surface area contributed by atoms with Gasteiger partial charge in [-0.3, -0.25) is 0 Å². The monoisotopic (exact) mass is 185 g/mol. The maximum absolute atomic E-state index is 2.41. The number of hydrogen-bond donors (Lipinski definition) is 0. The van der Waals surface area contributed by atoms with Gasteiger partial charge in [0.2, 0.25) is 0 Å². The van der Waals surface area contributed by atoms with Crippen molar-refractivity contribution in [3.63, 3.8) is 0 Å². The van der Waals surface area contributed by atoms with E-state index >= 15 is 0 Å². The van der Waals surface area contributed by atoms with E-state index in [0.29, 0.717) is 0 Å². The molecular formula is C12H27N. The number of hydrogen-bond acceptors (Lipinski definition) is 1. The molecule has 0 rings (SSSR count). The van der Waals surface area contributed by atoms with Gasteiger partial charge in [0.05, 0.1) is 0 Å². The Morgan fingerprint density at radius 1 is 1.08 bits per heavy atom. The van der Waals surface area contributed by atoms with Crippen molar-refractivity contribution in [2.45, 2.75) is 46.5 Å². The van der Waals surface area contributed by atoms with Gasteiger partial charge in [-0.1, -0.05) is 40.0 Å². The Morgan fingerprint density at radius 3 is 2.08 bits per heavy atom. The maximum Gasteiger partial charge on any atom is -0.00221 e. The van der Waals surface area contributed by atoms with Gasteiger partial charge in [0.25, 0.3) is 0 Å². The molecule has 2 atom stereocenters. The fourth-order valence-electron chi connectivity index (χ4n) is 2.01. The van der Waals surface area contributed by atoms with Gasteiger partial charge >= 0.3 is 0 Å². The third kappa shape index (κ3) is 6.09. The van der Waals surface area contributed by atoms with E-state index in [2.05, 4.69) is 39.8 Å². The van der Waals surface area contributed by atoms with Gasteiger partial charge in [0.1, 0.15) is 0 Å². The summed E-state index contributed by atoms with van der Waals surface area (Å²) in [5.74, 6) is 1.84. The van der Waals surface area contributed by atoms with Crippen molar-refractivity contribution in [2.24, 2.45) is 11.8 Å². The molecule has 0 amide bonds. The Bertz CT molecular complexity index is 110. The second kappa shape index (κ2) is 7.37. The lowest BCUT2D eigenvalue weighted by Crippen LogP contribution is -2.20. The molecule has 0 heterocycles. The lowest BCUT2D eigenvalue weighted by atomic mass is 9.86. The van der Waals surface area contributed by atoms with Crippen LogP contribution < -0.4 is 0 Å². The molecule has 0 saturated heterocycles. The highest BCUT2D eigenvalue weighted by Gasteiger charge is 2.14. The summed E-state index contributed by atoms with van der Waals surface area (Å²) in [5.41, 5.74) is 0. The first kappa shape index (κ1) is 13.0. The fraction of sp³-hybridized carbons (Fsp3) is 1.00. The van der Waals surface area contributed by atoms with Crippen molar-refractivity contribution in [3.8, 4) is 0 Å². The highest BCUT2D eigenvalue weighted by Crippen LogP contribution is 2.23. The molecule has 0 aromatic carbocycles. The first-order chi connectivity index (χ1) is 6.11. The van der Waals surface area contributed by atoms with Crippen LogP contribution in [0.25, 0.3) is 0 Å². The maximum atomic E-state index is 2.41. The number of rotatable bonds is 7. The molecule has 0 aliphatic heterocycles. The van der Waals surface area contributed by atoms with Gasteiger partial charge in [-0.2, -0.15) is 0 Å². The molecule has 0 spiro atoms. The fourth-order valence-corrected chi connectivity index (χ4v) is 2.01. The molecule has 1 heteroatoms. The van der Waals surface area contributed by atoms with E-state index < -0.39 is 0 Å². The summed E-state index contributed by atoms with van der Waals surface area (Å²) in [6, 6.07) is 0. The standard InChI is InChI=1S/C12H27N/c1-6-8-11(3)12(7-2)9-10-13(4)5/h11-12H,6-10H2,1-5H3. The van der Waals surface area contributed by atoms with Crippen molar-refractivity contribution >= 4 is 0 Å². The second-order valence-electron chi connectivity index (χ2n) is 4.53. The average molecular weight is 185 g/mol. The van der Waals surface area contributed by atoms with Crippen molar-refractivity contribution in [2.75, 3.05) is 20.6 Å². The predicted molar refractivity (Wildman–Crippen MR) is 61.0 cm³/mol. The highest BCUT2D eigenvalue weighted by molar-refractivity contribution is 4.66. The van der Waals surface area contributed by atoms with E-state index in [4.69, 9.17) is 0 Å². The van der Waals surface area contributed by atoms with E-state index in [1.807, 2.05) is 0 Å². The summed E-state index contributed by atoms with van der Waals surface area (Å²) in [5, 5.41) is 0. The molecule has 0 N–H and O–H groups in total. The molecule has 0 fully saturated rings. The Labute approximate surface area is 84.5 Å². The zero-order valence-electron chi connectivity index (χ0n) is 10.1. The van der Waals surface area contributed by atoms with Gasteiger partial charge in [-0.05, 0) is 38.9 Å². The van der Waals surface area contributed by atoms with E-state index in [9.17, 15) is 0 Å². The number of nitrogens with zero attached hydrogens (tertiary/aromatic N) is 1. The van der Waals surface area contributed by atoms with Gasteiger partial charge in [0.15, 0.2) is 0 Å². The Balaban J connectivity index is 3.73. The van der Waals surface area contributed by atoms with Crippen molar-refractivity contribution in [3.05, 3.63) is 0 Å². The SMILES string of the molecule is CCCC(C)C(CC)CCN(C)C. The molecule has 1 nitrogen and oxygen atoms in total. The van der Waals surface area contributed by atoms with E-state index in [1.165, 1.54) is 32.2 Å². The Morgan fingerprint density at radius 2 is 1.69 bits per heavy atom. The van der Waals surface area contributed by atoms with Crippen LogP contribution in [0.5, 0.6) is 0 Å². The smallest absolute Gasteiger partial charge is 0.00221 e.